The van der Waals surface area contributed by atoms with Crippen LogP contribution in [0.1, 0.15) is 24.1 Å². The number of hydrogen-bond donors (Lipinski definition) is 0. The Labute approximate surface area is 58.6 Å². The number of aryl methyl sites for hydroxylation is 1. The molecule has 0 spiro atoms. The van der Waals surface area contributed by atoms with Crippen LogP contribution < -0.4 is 4.84 Å². The Hall–Kier alpha value is -0.990. The van der Waals surface area contributed by atoms with E-state index in [0.29, 0.717) is 0 Å². The van der Waals surface area contributed by atoms with Gasteiger partial charge in [0, 0.05) is 5.56 Å². The van der Waals surface area contributed by atoms with Gasteiger partial charge < -0.3 is 4.84 Å². The third-order valence-corrected chi connectivity index (χ3v) is 2.22. The highest BCUT2D eigenvalue weighted by atomic mass is 16.8. The van der Waals surface area contributed by atoms with Gasteiger partial charge in [0.15, 0.2) is 0 Å². The van der Waals surface area contributed by atoms with Crippen LogP contribution in [-0.4, -0.2) is 9.94 Å². The zero-order chi connectivity index (χ0) is 6.55. The van der Waals surface area contributed by atoms with Crippen molar-refractivity contribution in [2.75, 3.05) is 0 Å². The summed E-state index contributed by atoms with van der Waals surface area (Å²) in [5.41, 5.74) is 2.64. The molecule has 0 bridgehead atoms. The minimum Gasteiger partial charge on any atom is -0.330 e. The van der Waals surface area contributed by atoms with E-state index in [9.17, 15) is 0 Å². The minimum absolute atomic E-state index is 1.02. The largest absolute Gasteiger partial charge is 0.330 e. The second kappa shape index (κ2) is 1.36. The lowest BCUT2D eigenvalue weighted by atomic mass is 9.98. The van der Waals surface area contributed by atoms with Crippen molar-refractivity contribution in [2.45, 2.75) is 25.7 Å². The molecule has 0 radical (unpaired) electrons. The summed E-state index contributed by atoms with van der Waals surface area (Å²) in [7, 11) is 0. The molecule has 0 saturated heterocycles. The van der Waals surface area contributed by atoms with Crippen LogP contribution in [0.5, 0.6) is 5.88 Å². The molecule has 1 aromatic rings. The van der Waals surface area contributed by atoms with Crippen molar-refractivity contribution >= 4 is 0 Å². The van der Waals surface area contributed by atoms with E-state index in [0.717, 1.165) is 12.3 Å². The molecule has 3 heteroatoms. The number of fused-ring (bicyclic) bond motifs is 3. The van der Waals surface area contributed by atoms with Crippen LogP contribution in [0.3, 0.4) is 0 Å². The maximum atomic E-state index is 5.05. The molecule has 1 aromatic heterocycles. The Balaban J connectivity index is 2.18. The van der Waals surface area contributed by atoms with Gasteiger partial charge in [-0.05, 0) is 25.7 Å². The van der Waals surface area contributed by atoms with E-state index in [2.05, 4.69) is 5.10 Å². The molecule has 0 amide bonds. The van der Waals surface area contributed by atoms with Crippen LogP contribution in [0.4, 0.5) is 0 Å². The van der Waals surface area contributed by atoms with Crippen molar-refractivity contribution in [3.05, 3.63) is 11.3 Å². The van der Waals surface area contributed by atoms with Gasteiger partial charge in [0.2, 0.25) is 0 Å². The fraction of sp³-hybridized carbons (Fsp3) is 0.571. The standard InChI is InChI=1S/C7H8N2O/c1-2-4-6-5(3-1)7-9(8-6)10-7/h1-4H2. The van der Waals surface area contributed by atoms with Crippen molar-refractivity contribution < 1.29 is 4.84 Å². The summed E-state index contributed by atoms with van der Waals surface area (Å²) in [6.45, 7) is 0. The van der Waals surface area contributed by atoms with Gasteiger partial charge in [0.05, 0.1) is 5.69 Å². The lowest BCUT2D eigenvalue weighted by Gasteiger charge is -2.07. The Morgan fingerprint density at radius 1 is 1.30 bits per heavy atom. The van der Waals surface area contributed by atoms with Gasteiger partial charge >= 0.3 is 0 Å². The van der Waals surface area contributed by atoms with Crippen LogP contribution in [0, 0.1) is 0 Å². The van der Waals surface area contributed by atoms with Crippen molar-refractivity contribution in [3.63, 3.8) is 0 Å². The monoisotopic (exact) mass is 136 g/mol. The first-order chi connectivity index (χ1) is 4.95. The van der Waals surface area contributed by atoms with E-state index >= 15 is 0 Å². The second-order valence-electron chi connectivity index (χ2n) is 2.90. The fourth-order valence-corrected chi connectivity index (χ4v) is 1.64. The molecule has 0 N–H and O–H groups in total. The zero-order valence-electron chi connectivity index (χ0n) is 5.63. The highest BCUT2D eigenvalue weighted by molar-refractivity contribution is 5.37. The fourth-order valence-electron chi connectivity index (χ4n) is 1.64. The summed E-state index contributed by atoms with van der Waals surface area (Å²) >= 11 is 0. The summed E-state index contributed by atoms with van der Waals surface area (Å²) in [6, 6.07) is 0. The van der Waals surface area contributed by atoms with Crippen LogP contribution in [0.25, 0.3) is 0 Å². The van der Waals surface area contributed by atoms with Crippen LogP contribution in [0.2, 0.25) is 0 Å². The first kappa shape index (κ1) is 4.77. The molecule has 0 aromatic carbocycles. The average Bonchev–Trinajstić information content (AvgIpc) is 2.64. The molecule has 0 atom stereocenters. The highest BCUT2D eigenvalue weighted by Gasteiger charge is 2.32. The average molecular weight is 136 g/mol. The summed E-state index contributed by atoms with van der Waals surface area (Å²) in [5.74, 6) is 1.02. The van der Waals surface area contributed by atoms with Gasteiger partial charge in [-0.1, -0.05) is 4.85 Å². The SMILES string of the molecule is C1CCc2c(nn3c2O3)C1. The van der Waals surface area contributed by atoms with Gasteiger partial charge in [0.1, 0.15) is 0 Å². The van der Waals surface area contributed by atoms with Crippen molar-refractivity contribution in [2.24, 2.45) is 0 Å². The minimum atomic E-state index is 1.02. The quantitative estimate of drug-likeness (QED) is 0.504. The molecule has 2 aliphatic rings. The maximum absolute atomic E-state index is 5.05. The zero-order valence-corrected chi connectivity index (χ0v) is 5.63. The molecule has 2 heterocycles. The number of nitrogens with zero attached hydrogens (tertiary/aromatic N) is 2. The van der Waals surface area contributed by atoms with Crippen molar-refractivity contribution in [1.82, 2.24) is 9.94 Å². The van der Waals surface area contributed by atoms with Crippen molar-refractivity contribution in [1.29, 1.82) is 0 Å². The Kier molecular flexibility index (Phi) is 0.649. The van der Waals surface area contributed by atoms with E-state index in [-0.39, 0.29) is 0 Å². The molecule has 10 heavy (non-hydrogen) atoms. The van der Waals surface area contributed by atoms with Gasteiger partial charge in [-0.2, -0.15) is 0 Å². The molecule has 0 saturated carbocycles. The van der Waals surface area contributed by atoms with E-state index in [1.807, 2.05) is 0 Å². The molecule has 1 aliphatic heterocycles. The molecule has 0 fully saturated rings. The Morgan fingerprint density at radius 3 is 3.10 bits per heavy atom. The molecular weight excluding hydrogens is 128 g/mol. The molecule has 0 unspecified atom stereocenters. The molecule has 52 valence electrons. The molecular formula is C7H8N2O. The third-order valence-electron chi connectivity index (χ3n) is 2.22. The predicted octanol–water partition coefficient (Wildman–Crippen LogP) is 0.917. The molecule has 3 nitrogen and oxygen atoms in total. The molecule has 3 rings (SSSR count). The van der Waals surface area contributed by atoms with Gasteiger partial charge in [0.25, 0.3) is 5.88 Å². The summed E-state index contributed by atoms with van der Waals surface area (Å²) < 4.78 is 0. The lowest BCUT2D eigenvalue weighted by Crippen LogP contribution is -2.02. The van der Waals surface area contributed by atoms with Gasteiger partial charge in [-0.25, -0.2) is 0 Å². The Bertz CT molecular complexity index is 290. The molecule has 1 aliphatic carbocycles. The topological polar surface area (TPSA) is 30.4 Å². The van der Waals surface area contributed by atoms with E-state index < -0.39 is 0 Å². The van der Waals surface area contributed by atoms with Crippen LogP contribution in [0.15, 0.2) is 0 Å². The first-order valence-corrected chi connectivity index (χ1v) is 3.74. The van der Waals surface area contributed by atoms with E-state index in [4.69, 9.17) is 4.84 Å². The highest BCUT2D eigenvalue weighted by Crippen LogP contribution is 2.36. The smallest absolute Gasteiger partial charge is 0.288 e. The van der Waals surface area contributed by atoms with Crippen LogP contribution >= 0.6 is 0 Å². The van der Waals surface area contributed by atoms with E-state index in [1.165, 1.54) is 30.5 Å². The first-order valence-electron chi connectivity index (χ1n) is 3.74. The van der Waals surface area contributed by atoms with E-state index in [1.54, 1.807) is 4.85 Å². The van der Waals surface area contributed by atoms with Gasteiger partial charge in [-0.3, -0.25) is 0 Å². The number of rotatable bonds is 0. The Morgan fingerprint density at radius 2 is 2.20 bits per heavy atom. The normalized spacial score (nSPS) is 19.2. The number of aromatic nitrogens is 2. The number of hydrogen-bond acceptors (Lipinski definition) is 2. The summed E-state index contributed by atoms with van der Waals surface area (Å²) in [5, 5.41) is 4.24. The van der Waals surface area contributed by atoms with Gasteiger partial charge in [-0.15, -0.1) is 5.10 Å². The van der Waals surface area contributed by atoms with Crippen molar-refractivity contribution in [3.8, 4) is 5.88 Å². The predicted molar refractivity (Wildman–Crippen MR) is 34.9 cm³/mol. The lowest BCUT2D eigenvalue weighted by molar-refractivity contribution is 0.380. The maximum Gasteiger partial charge on any atom is 0.288 e. The summed E-state index contributed by atoms with van der Waals surface area (Å²) in [4.78, 5) is 6.68. The summed E-state index contributed by atoms with van der Waals surface area (Å²) in [6.07, 6.45) is 4.92. The van der Waals surface area contributed by atoms with Crippen LogP contribution in [-0.2, 0) is 12.8 Å². The second-order valence-corrected chi connectivity index (χ2v) is 2.90. The third kappa shape index (κ3) is 0.439.